The van der Waals surface area contributed by atoms with Crippen molar-refractivity contribution in [1.29, 1.82) is 0 Å². The molecule has 2 N–H and O–H groups in total. The number of nitrogens with one attached hydrogen (secondary N) is 2. The van der Waals surface area contributed by atoms with Crippen molar-refractivity contribution in [3.8, 4) is 0 Å². The summed E-state index contributed by atoms with van der Waals surface area (Å²) in [5, 5.41) is 2.83. The van der Waals surface area contributed by atoms with Gasteiger partial charge in [-0.1, -0.05) is 38.1 Å². The molecule has 0 aromatic heterocycles. The van der Waals surface area contributed by atoms with Gasteiger partial charge >= 0.3 is 0 Å². The Morgan fingerprint density at radius 2 is 1.81 bits per heavy atom. The van der Waals surface area contributed by atoms with Crippen LogP contribution < -0.4 is 10.0 Å². The molecule has 0 atom stereocenters. The zero-order chi connectivity index (χ0) is 22.4. The topological polar surface area (TPSA) is 78.5 Å². The number of anilines is 1. The second-order valence-corrected chi connectivity index (χ2v) is 10.7. The van der Waals surface area contributed by atoms with E-state index in [2.05, 4.69) is 27.1 Å². The predicted octanol–water partition coefficient (Wildman–Crippen LogP) is 4.08. The van der Waals surface area contributed by atoms with E-state index >= 15 is 0 Å². The fourth-order valence-corrected chi connectivity index (χ4v) is 5.11. The molecule has 6 nitrogen and oxygen atoms in total. The summed E-state index contributed by atoms with van der Waals surface area (Å²) >= 11 is 1.46. The molecule has 3 rings (SSSR count). The summed E-state index contributed by atoms with van der Waals surface area (Å²) in [6.45, 7) is 6.96. The third kappa shape index (κ3) is 6.55. The van der Waals surface area contributed by atoms with Crippen molar-refractivity contribution < 1.29 is 13.2 Å². The van der Waals surface area contributed by atoms with E-state index in [1.54, 1.807) is 26.0 Å². The number of benzene rings is 2. The number of hydrogen-bond acceptors (Lipinski definition) is 5. The Balaban J connectivity index is 1.71. The minimum atomic E-state index is -3.72. The molecule has 8 heteroatoms. The van der Waals surface area contributed by atoms with Gasteiger partial charge in [-0.2, -0.15) is 0 Å². The number of nitrogens with zero attached hydrogens (tertiary/aromatic N) is 1. The third-order valence-electron chi connectivity index (χ3n) is 5.33. The maximum atomic E-state index is 12.9. The lowest BCUT2D eigenvalue weighted by Gasteiger charge is -2.16. The Bertz CT molecular complexity index is 1020. The zero-order valence-corrected chi connectivity index (χ0v) is 20.0. The number of amides is 1. The summed E-state index contributed by atoms with van der Waals surface area (Å²) in [6, 6.07) is 12.9. The Morgan fingerprint density at radius 3 is 2.48 bits per heavy atom. The van der Waals surface area contributed by atoms with Crippen LogP contribution in [0, 0.1) is 5.92 Å². The molecule has 1 aliphatic rings. The Labute approximate surface area is 189 Å². The van der Waals surface area contributed by atoms with Crippen molar-refractivity contribution >= 4 is 33.4 Å². The molecule has 1 aliphatic heterocycles. The molecular formula is C23H31N3O3S2. The van der Waals surface area contributed by atoms with Gasteiger partial charge in [0.05, 0.1) is 10.6 Å². The van der Waals surface area contributed by atoms with Crippen molar-refractivity contribution in [2.24, 2.45) is 5.92 Å². The van der Waals surface area contributed by atoms with Crippen LogP contribution in [0.4, 0.5) is 5.69 Å². The molecule has 1 fully saturated rings. The quantitative estimate of drug-likeness (QED) is 0.550. The van der Waals surface area contributed by atoms with Gasteiger partial charge in [0.2, 0.25) is 15.9 Å². The first-order valence-electron chi connectivity index (χ1n) is 10.6. The first kappa shape index (κ1) is 23.8. The molecule has 0 aliphatic carbocycles. The second-order valence-electron chi connectivity index (χ2n) is 8.13. The van der Waals surface area contributed by atoms with Gasteiger partial charge in [-0.3, -0.25) is 9.69 Å². The summed E-state index contributed by atoms with van der Waals surface area (Å²) < 4.78 is 28.5. The highest BCUT2D eigenvalue weighted by Gasteiger charge is 2.18. The Kier molecular flexibility index (Phi) is 8.16. The summed E-state index contributed by atoms with van der Waals surface area (Å²) in [4.78, 5) is 15.5. The molecule has 0 bridgehead atoms. The molecule has 31 heavy (non-hydrogen) atoms. The van der Waals surface area contributed by atoms with Gasteiger partial charge in [0, 0.05) is 23.9 Å². The van der Waals surface area contributed by atoms with Crippen molar-refractivity contribution in [2.75, 3.05) is 24.7 Å². The molecule has 0 saturated carbocycles. The van der Waals surface area contributed by atoms with E-state index in [9.17, 15) is 13.2 Å². The zero-order valence-electron chi connectivity index (χ0n) is 18.3. The lowest BCUT2D eigenvalue weighted by atomic mass is 10.1. The summed E-state index contributed by atoms with van der Waals surface area (Å²) in [6.07, 6.45) is 4.38. The summed E-state index contributed by atoms with van der Waals surface area (Å²) in [5.41, 5.74) is 2.64. The van der Waals surface area contributed by atoms with Crippen LogP contribution in [0.3, 0.4) is 0 Å². The molecular weight excluding hydrogens is 430 g/mol. The molecule has 0 unspecified atom stereocenters. The molecule has 2 aromatic rings. The smallest absolute Gasteiger partial charge is 0.240 e. The lowest BCUT2D eigenvalue weighted by molar-refractivity contribution is -0.118. The van der Waals surface area contributed by atoms with Crippen LogP contribution in [0.2, 0.25) is 0 Å². The molecule has 0 radical (unpaired) electrons. The van der Waals surface area contributed by atoms with Gasteiger partial charge in [-0.25, -0.2) is 13.1 Å². The van der Waals surface area contributed by atoms with Crippen LogP contribution in [0.25, 0.3) is 0 Å². The van der Waals surface area contributed by atoms with E-state index in [-0.39, 0.29) is 23.3 Å². The number of hydrogen-bond donors (Lipinski definition) is 2. The van der Waals surface area contributed by atoms with Gasteiger partial charge < -0.3 is 5.32 Å². The summed E-state index contributed by atoms with van der Waals surface area (Å²) in [5.74, 6) is -0.339. The van der Waals surface area contributed by atoms with Gasteiger partial charge in [0.1, 0.15) is 0 Å². The number of carbonyl (C=O) groups is 1. The number of likely N-dealkylation sites (tertiary alicyclic amines) is 1. The normalized spacial score (nSPS) is 14.8. The minimum Gasteiger partial charge on any atom is -0.325 e. The fourth-order valence-electron chi connectivity index (χ4n) is 3.53. The minimum absolute atomic E-state index is 0.137. The van der Waals surface area contributed by atoms with Crippen LogP contribution in [-0.2, 0) is 27.9 Å². The highest BCUT2D eigenvalue weighted by atomic mass is 32.2. The molecule has 168 valence electrons. The first-order chi connectivity index (χ1) is 14.8. The molecule has 1 amide bonds. The average Bonchev–Trinajstić information content (AvgIpc) is 3.25. The van der Waals surface area contributed by atoms with Crippen LogP contribution in [0.15, 0.2) is 52.3 Å². The van der Waals surface area contributed by atoms with E-state index in [0.29, 0.717) is 5.69 Å². The van der Waals surface area contributed by atoms with Gasteiger partial charge in [0.25, 0.3) is 0 Å². The SMILES string of the molecule is CSc1ccc(S(=O)(=O)NCc2cccc(CN3CCCC3)c2)cc1NC(=O)C(C)C. The number of thioether (sulfide) groups is 1. The lowest BCUT2D eigenvalue weighted by Crippen LogP contribution is -2.24. The Morgan fingerprint density at radius 1 is 1.10 bits per heavy atom. The van der Waals surface area contributed by atoms with Crippen LogP contribution in [0.5, 0.6) is 0 Å². The van der Waals surface area contributed by atoms with E-state index in [0.717, 1.165) is 30.1 Å². The van der Waals surface area contributed by atoms with Gasteiger partial charge in [-0.05, 0) is 61.5 Å². The highest BCUT2D eigenvalue weighted by molar-refractivity contribution is 7.98. The summed E-state index contributed by atoms with van der Waals surface area (Å²) in [7, 11) is -3.72. The largest absolute Gasteiger partial charge is 0.325 e. The van der Waals surface area contributed by atoms with Crippen LogP contribution in [0.1, 0.15) is 37.8 Å². The van der Waals surface area contributed by atoms with Crippen LogP contribution in [-0.4, -0.2) is 38.6 Å². The van der Waals surface area contributed by atoms with E-state index in [4.69, 9.17) is 0 Å². The maximum absolute atomic E-state index is 12.9. The van der Waals surface area contributed by atoms with E-state index < -0.39 is 10.0 Å². The number of sulfonamides is 1. The second kappa shape index (κ2) is 10.6. The van der Waals surface area contributed by atoms with Crippen molar-refractivity contribution in [3.05, 3.63) is 53.6 Å². The third-order valence-corrected chi connectivity index (χ3v) is 7.52. The van der Waals surface area contributed by atoms with Crippen molar-refractivity contribution in [2.45, 2.75) is 49.6 Å². The monoisotopic (exact) mass is 461 g/mol. The van der Waals surface area contributed by atoms with Crippen LogP contribution >= 0.6 is 11.8 Å². The average molecular weight is 462 g/mol. The van der Waals surface area contributed by atoms with Crippen molar-refractivity contribution in [1.82, 2.24) is 9.62 Å². The van der Waals surface area contributed by atoms with E-state index in [1.807, 2.05) is 18.4 Å². The highest BCUT2D eigenvalue weighted by Crippen LogP contribution is 2.28. The van der Waals surface area contributed by atoms with Gasteiger partial charge in [0.15, 0.2) is 0 Å². The maximum Gasteiger partial charge on any atom is 0.240 e. The van der Waals surface area contributed by atoms with Gasteiger partial charge in [-0.15, -0.1) is 11.8 Å². The molecule has 1 saturated heterocycles. The fraction of sp³-hybridized carbons (Fsp3) is 0.435. The number of rotatable bonds is 9. The standard InChI is InChI=1S/C23H31N3O3S2/c1-17(2)23(27)25-21-14-20(9-10-22(21)30-3)31(28,29)24-15-18-7-6-8-19(13-18)16-26-11-4-5-12-26/h6-10,13-14,17,24H,4-5,11-12,15-16H2,1-3H3,(H,25,27). The molecule has 2 aromatic carbocycles. The predicted molar refractivity (Wildman–Crippen MR) is 127 cm³/mol. The van der Waals surface area contributed by atoms with Crippen molar-refractivity contribution in [3.63, 3.8) is 0 Å². The Hall–Kier alpha value is -1.87. The van der Waals surface area contributed by atoms with E-state index in [1.165, 1.54) is 36.2 Å². The number of carbonyl (C=O) groups excluding carboxylic acids is 1. The molecule has 1 heterocycles. The first-order valence-corrected chi connectivity index (χ1v) is 13.3. The molecule has 0 spiro atoms.